The molecule has 5 N–H and O–H groups in total. The van der Waals surface area contributed by atoms with E-state index in [9.17, 15) is 14.7 Å². The maximum absolute atomic E-state index is 13.2. The molecule has 6 heteroatoms. The number of aliphatic hydroxyl groups excluding tert-OH is 1. The van der Waals surface area contributed by atoms with E-state index >= 15 is 0 Å². The van der Waals surface area contributed by atoms with Gasteiger partial charge in [-0.3, -0.25) is 9.59 Å². The number of aliphatic hydroxyl groups is 1. The summed E-state index contributed by atoms with van der Waals surface area (Å²) in [5, 5.41) is 15.8. The molecule has 0 heterocycles. The lowest BCUT2D eigenvalue weighted by atomic mass is 9.82. The number of hydrogen-bond donors (Lipinski definition) is 4. The maximum atomic E-state index is 13.2. The van der Waals surface area contributed by atoms with Crippen molar-refractivity contribution in [2.45, 2.75) is 19.4 Å². The summed E-state index contributed by atoms with van der Waals surface area (Å²) < 4.78 is 0. The van der Waals surface area contributed by atoms with Gasteiger partial charge < -0.3 is 21.5 Å². The Morgan fingerprint density at radius 1 is 1.00 bits per heavy atom. The van der Waals surface area contributed by atoms with Crippen molar-refractivity contribution >= 4 is 22.9 Å². The van der Waals surface area contributed by atoms with Gasteiger partial charge in [-0.15, -0.1) is 0 Å². The highest BCUT2D eigenvalue weighted by molar-refractivity contribution is 6.31. The van der Waals surface area contributed by atoms with Gasteiger partial charge in [0.25, 0.3) is 0 Å². The second-order valence-electron chi connectivity index (χ2n) is 6.26. The number of benzene rings is 2. The molecule has 1 aliphatic carbocycles. The van der Waals surface area contributed by atoms with E-state index in [1.807, 2.05) is 6.92 Å². The Kier molecular flexibility index (Phi) is 5.35. The number of nitrogens with one attached hydrogen (secondary N) is 2. The molecule has 0 spiro atoms. The first kappa shape index (κ1) is 18.1. The molecule has 0 amide bonds. The summed E-state index contributed by atoms with van der Waals surface area (Å²) in [5.74, 6) is -0.377. The summed E-state index contributed by atoms with van der Waals surface area (Å²) in [6.07, 6.45) is 0.700. The SMILES string of the molecule is CCC(CO)Nc1cccc2c1C(=O)c1cccc(NCCN)c1C2=O. The average Bonchev–Trinajstić information content (AvgIpc) is 2.68. The fourth-order valence-corrected chi connectivity index (χ4v) is 3.21. The van der Waals surface area contributed by atoms with Crippen molar-refractivity contribution in [1.29, 1.82) is 0 Å². The zero-order chi connectivity index (χ0) is 18.7. The van der Waals surface area contributed by atoms with Gasteiger partial charge in [0, 0.05) is 41.6 Å². The summed E-state index contributed by atoms with van der Waals surface area (Å²) in [5.41, 5.74) is 8.26. The topological polar surface area (TPSA) is 104 Å². The van der Waals surface area contributed by atoms with Crippen LogP contribution in [0.15, 0.2) is 36.4 Å². The van der Waals surface area contributed by atoms with E-state index in [4.69, 9.17) is 5.73 Å². The standard InChI is InChI=1S/C20H23N3O3/c1-2-12(11-24)23-16-8-4-6-14-18(16)20(26)13-5-3-7-15(22-10-9-21)17(13)19(14)25/h3-8,12,22-24H,2,9-11,21H2,1H3. The summed E-state index contributed by atoms with van der Waals surface area (Å²) >= 11 is 0. The molecule has 3 rings (SSSR count). The number of nitrogens with two attached hydrogens (primary N) is 1. The predicted octanol–water partition coefficient (Wildman–Crippen LogP) is 2.02. The van der Waals surface area contributed by atoms with Crippen molar-refractivity contribution in [2.75, 3.05) is 30.3 Å². The summed E-state index contributed by atoms with van der Waals surface area (Å²) in [7, 11) is 0. The monoisotopic (exact) mass is 353 g/mol. The number of carbonyl (C=O) groups is 2. The molecular weight excluding hydrogens is 330 g/mol. The number of carbonyl (C=O) groups excluding carboxylic acids is 2. The van der Waals surface area contributed by atoms with Gasteiger partial charge in [0.15, 0.2) is 11.6 Å². The number of rotatable bonds is 7. The van der Waals surface area contributed by atoms with Crippen LogP contribution >= 0.6 is 0 Å². The Bertz CT molecular complexity index is 844. The highest BCUT2D eigenvalue weighted by Crippen LogP contribution is 2.35. The molecule has 6 nitrogen and oxygen atoms in total. The van der Waals surface area contributed by atoms with E-state index in [1.165, 1.54) is 0 Å². The molecule has 0 bridgehead atoms. The van der Waals surface area contributed by atoms with Crippen LogP contribution in [0.2, 0.25) is 0 Å². The minimum absolute atomic E-state index is 0.0496. The van der Waals surface area contributed by atoms with Crippen LogP contribution in [0.4, 0.5) is 11.4 Å². The molecule has 26 heavy (non-hydrogen) atoms. The maximum Gasteiger partial charge on any atom is 0.196 e. The van der Waals surface area contributed by atoms with Gasteiger partial charge in [-0.05, 0) is 18.6 Å². The Labute approximate surface area is 152 Å². The first-order valence-corrected chi connectivity index (χ1v) is 8.79. The zero-order valence-electron chi connectivity index (χ0n) is 14.7. The van der Waals surface area contributed by atoms with Crippen molar-refractivity contribution in [3.63, 3.8) is 0 Å². The van der Waals surface area contributed by atoms with E-state index < -0.39 is 0 Å². The van der Waals surface area contributed by atoms with Gasteiger partial charge in [-0.2, -0.15) is 0 Å². The third-order valence-corrected chi connectivity index (χ3v) is 4.60. The first-order valence-electron chi connectivity index (χ1n) is 8.79. The van der Waals surface area contributed by atoms with E-state index in [2.05, 4.69) is 10.6 Å². The second-order valence-corrected chi connectivity index (χ2v) is 6.26. The molecule has 0 fully saturated rings. The molecule has 0 aliphatic heterocycles. The van der Waals surface area contributed by atoms with Crippen molar-refractivity contribution in [3.05, 3.63) is 58.7 Å². The lowest BCUT2D eigenvalue weighted by Crippen LogP contribution is -2.28. The van der Waals surface area contributed by atoms with Gasteiger partial charge in [0.1, 0.15) is 0 Å². The van der Waals surface area contributed by atoms with Crippen LogP contribution in [0.1, 0.15) is 45.2 Å². The van der Waals surface area contributed by atoms with Crippen LogP contribution in [0, 0.1) is 0 Å². The lowest BCUT2D eigenvalue weighted by molar-refractivity contribution is 0.0980. The molecule has 2 aromatic carbocycles. The molecule has 2 aromatic rings. The van der Waals surface area contributed by atoms with Crippen LogP contribution in [0.3, 0.4) is 0 Å². The Hall–Kier alpha value is -2.70. The highest BCUT2D eigenvalue weighted by atomic mass is 16.3. The fraction of sp³-hybridized carbons (Fsp3) is 0.300. The third kappa shape index (κ3) is 3.09. The minimum Gasteiger partial charge on any atom is -0.394 e. The second kappa shape index (κ2) is 7.68. The molecular formula is C20H23N3O3. The summed E-state index contributed by atoms with van der Waals surface area (Å²) in [6.45, 7) is 2.84. The normalized spacial score (nSPS) is 13.8. The molecule has 0 radical (unpaired) electrons. The van der Waals surface area contributed by atoms with Crippen LogP contribution in [-0.4, -0.2) is 42.4 Å². The zero-order valence-corrected chi connectivity index (χ0v) is 14.7. The Morgan fingerprint density at radius 3 is 2.12 bits per heavy atom. The molecule has 1 unspecified atom stereocenters. The molecule has 0 saturated carbocycles. The minimum atomic E-state index is -0.193. The quantitative estimate of drug-likeness (QED) is 0.518. The lowest BCUT2D eigenvalue weighted by Gasteiger charge is -2.24. The van der Waals surface area contributed by atoms with Crippen molar-refractivity contribution in [2.24, 2.45) is 5.73 Å². The Balaban J connectivity index is 2.09. The summed E-state index contributed by atoms with van der Waals surface area (Å²) in [4.78, 5) is 26.3. The van der Waals surface area contributed by atoms with Gasteiger partial charge in [0.2, 0.25) is 0 Å². The van der Waals surface area contributed by atoms with Gasteiger partial charge >= 0.3 is 0 Å². The van der Waals surface area contributed by atoms with E-state index in [1.54, 1.807) is 36.4 Å². The number of ketones is 2. The van der Waals surface area contributed by atoms with Crippen LogP contribution in [0.25, 0.3) is 0 Å². The average molecular weight is 353 g/mol. The highest BCUT2D eigenvalue weighted by Gasteiger charge is 2.33. The van der Waals surface area contributed by atoms with Crippen LogP contribution in [-0.2, 0) is 0 Å². The fourth-order valence-electron chi connectivity index (χ4n) is 3.21. The van der Waals surface area contributed by atoms with Gasteiger partial charge in [0.05, 0.1) is 17.7 Å². The van der Waals surface area contributed by atoms with Crippen molar-refractivity contribution in [1.82, 2.24) is 0 Å². The molecule has 1 aliphatic rings. The summed E-state index contributed by atoms with van der Waals surface area (Å²) in [6, 6.07) is 10.2. The van der Waals surface area contributed by atoms with Crippen LogP contribution in [0.5, 0.6) is 0 Å². The number of anilines is 2. The first-order chi connectivity index (χ1) is 12.6. The van der Waals surface area contributed by atoms with Crippen LogP contribution < -0.4 is 16.4 Å². The third-order valence-electron chi connectivity index (χ3n) is 4.60. The van der Waals surface area contributed by atoms with Gasteiger partial charge in [-0.1, -0.05) is 31.2 Å². The molecule has 0 aromatic heterocycles. The molecule has 136 valence electrons. The van der Waals surface area contributed by atoms with E-state index in [-0.39, 0.29) is 24.2 Å². The predicted molar refractivity (Wildman–Crippen MR) is 102 cm³/mol. The van der Waals surface area contributed by atoms with Crippen molar-refractivity contribution < 1.29 is 14.7 Å². The smallest absolute Gasteiger partial charge is 0.196 e. The van der Waals surface area contributed by atoms with E-state index in [0.717, 1.165) is 0 Å². The number of hydrogen-bond acceptors (Lipinski definition) is 6. The molecule has 0 saturated heterocycles. The Morgan fingerprint density at radius 2 is 1.58 bits per heavy atom. The van der Waals surface area contributed by atoms with E-state index in [0.29, 0.717) is 53.1 Å². The van der Waals surface area contributed by atoms with Gasteiger partial charge in [-0.25, -0.2) is 0 Å². The number of fused-ring (bicyclic) bond motifs is 2. The largest absolute Gasteiger partial charge is 0.394 e. The molecule has 1 atom stereocenters. The van der Waals surface area contributed by atoms with Crippen molar-refractivity contribution in [3.8, 4) is 0 Å².